The molecule has 22 heavy (non-hydrogen) atoms. The number of benzene rings is 3. The van der Waals surface area contributed by atoms with Gasteiger partial charge in [0.05, 0.1) is 0 Å². The highest BCUT2D eigenvalue weighted by atomic mass is 16.3. The molecule has 0 aliphatic heterocycles. The molecule has 1 aliphatic carbocycles. The standard InChI is InChI=1S/C21H18O/c22-21-19(16-7-3-1-4-8-16)13-18(15-11-12-15)14-20(21)17-9-5-2-6-10-17/h1-10,13-15,22H,11-12H2. The molecule has 3 aromatic rings. The largest absolute Gasteiger partial charge is 0.507 e. The molecule has 108 valence electrons. The van der Waals surface area contributed by atoms with Crippen LogP contribution >= 0.6 is 0 Å². The van der Waals surface area contributed by atoms with E-state index in [1.165, 1.54) is 18.4 Å². The van der Waals surface area contributed by atoms with Gasteiger partial charge in [-0.05, 0) is 47.6 Å². The third-order valence-electron chi connectivity index (χ3n) is 4.35. The van der Waals surface area contributed by atoms with Gasteiger partial charge in [-0.2, -0.15) is 0 Å². The minimum absolute atomic E-state index is 0.377. The Kier molecular flexibility index (Phi) is 3.19. The number of phenols is 1. The van der Waals surface area contributed by atoms with Gasteiger partial charge in [-0.3, -0.25) is 0 Å². The number of rotatable bonds is 3. The summed E-state index contributed by atoms with van der Waals surface area (Å²) in [5.41, 5.74) is 5.35. The van der Waals surface area contributed by atoms with Crippen LogP contribution in [0.25, 0.3) is 22.3 Å². The molecule has 0 bridgehead atoms. The number of phenolic OH excluding ortho intramolecular Hbond substituents is 1. The predicted molar refractivity (Wildman–Crippen MR) is 91.0 cm³/mol. The lowest BCUT2D eigenvalue weighted by molar-refractivity contribution is 0.479. The van der Waals surface area contributed by atoms with Crippen LogP contribution in [-0.2, 0) is 0 Å². The van der Waals surface area contributed by atoms with Crippen LogP contribution in [0.2, 0.25) is 0 Å². The quantitative estimate of drug-likeness (QED) is 0.664. The van der Waals surface area contributed by atoms with Crippen molar-refractivity contribution in [3.8, 4) is 28.0 Å². The van der Waals surface area contributed by atoms with Crippen LogP contribution in [0.15, 0.2) is 72.8 Å². The maximum absolute atomic E-state index is 10.8. The zero-order valence-electron chi connectivity index (χ0n) is 12.4. The molecule has 1 N–H and O–H groups in total. The minimum Gasteiger partial charge on any atom is -0.507 e. The highest BCUT2D eigenvalue weighted by Gasteiger charge is 2.26. The van der Waals surface area contributed by atoms with Crippen LogP contribution in [-0.4, -0.2) is 5.11 Å². The first-order valence-corrected chi connectivity index (χ1v) is 7.80. The summed E-state index contributed by atoms with van der Waals surface area (Å²) in [5, 5.41) is 10.8. The SMILES string of the molecule is Oc1c(-c2ccccc2)cc(C2CC2)cc1-c1ccccc1. The molecule has 1 fully saturated rings. The number of hydrogen-bond donors (Lipinski definition) is 1. The number of hydrogen-bond acceptors (Lipinski definition) is 1. The van der Waals surface area contributed by atoms with Crippen LogP contribution in [0.5, 0.6) is 5.75 Å². The van der Waals surface area contributed by atoms with Crippen LogP contribution in [0.4, 0.5) is 0 Å². The van der Waals surface area contributed by atoms with Gasteiger partial charge in [0.15, 0.2) is 0 Å². The van der Waals surface area contributed by atoms with Gasteiger partial charge >= 0.3 is 0 Å². The van der Waals surface area contributed by atoms with Gasteiger partial charge in [-0.15, -0.1) is 0 Å². The normalized spacial score (nSPS) is 14.0. The summed E-state index contributed by atoms with van der Waals surface area (Å²) in [6.45, 7) is 0. The molecule has 1 aliphatic rings. The molecule has 0 spiro atoms. The van der Waals surface area contributed by atoms with Gasteiger partial charge in [0.2, 0.25) is 0 Å². The van der Waals surface area contributed by atoms with Crippen molar-refractivity contribution in [3.05, 3.63) is 78.4 Å². The average Bonchev–Trinajstić information content (AvgIpc) is 3.42. The Morgan fingerprint density at radius 1 is 0.682 bits per heavy atom. The van der Waals surface area contributed by atoms with Gasteiger partial charge < -0.3 is 5.11 Å². The summed E-state index contributed by atoms with van der Waals surface area (Å²) >= 11 is 0. The maximum atomic E-state index is 10.8. The zero-order valence-corrected chi connectivity index (χ0v) is 12.4. The predicted octanol–water partition coefficient (Wildman–Crippen LogP) is 5.60. The molecule has 0 saturated heterocycles. The lowest BCUT2D eigenvalue weighted by Crippen LogP contribution is -1.89. The zero-order chi connectivity index (χ0) is 14.9. The second kappa shape index (κ2) is 5.34. The van der Waals surface area contributed by atoms with E-state index in [1.807, 2.05) is 36.4 Å². The van der Waals surface area contributed by atoms with Crippen molar-refractivity contribution in [1.29, 1.82) is 0 Å². The van der Waals surface area contributed by atoms with E-state index in [0.717, 1.165) is 22.3 Å². The van der Waals surface area contributed by atoms with E-state index in [-0.39, 0.29) is 0 Å². The summed E-state index contributed by atoms with van der Waals surface area (Å²) in [4.78, 5) is 0. The van der Waals surface area contributed by atoms with Crippen molar-refractivity contribution in [1.82, 2.24) is 0 Å². The molecule has 0 amide bonds. The van der Waals surface area contributed by atoms with E-state index in [2.05, 4.69) is 36.4 Å². The molecule has 4 rings (SSSR count). The van der Waals surface area contributed by atoms with Gasteiger partial charge in [-0.1, -0.05) is 60.7 Å². The Balaban J connectivity index is 1.93. The molecule has 0 unspecified atom stereocenters. The van der Waals surface area contributed by atoms with Gasteiger partial charge in [-0.25, -0.2) is 0 Å². The molecule has 3 aromatic carbocycles. The third-order valence-corrected chi connectivity index (χ3v) is 4.35. The monoisotopic (exact) mass is 286 g/mol. The lowest BCUT2D eigenvalue weighted by atomic mass is 9.93. The Morgan fingerprint density at radius 3 is 1.55 bits per heavy atom. The Morgan fingerprint density at radius 2 is 1.14 bits per heavy atom. The molecule has 0 aromatic heterocycles. The molecular formula is C21H18O. The second-order valence-corrected chi connectivity index (χ2v) is 5.97. The fourth-order valence-electron chi connectivity index (χ4n) is 2.98. The lowest BCUT2D eigenvalue weighted by Gasteiger charge is -2.13. The molecule has 0 heterocycles. The van der Waals surface area contributed by atoms with Crippen molar-refractivity contribution in [2.24, 2.45) is 0 Å². The molecular weight excluding hydrogens is 268 g/mol. The second-order valence-electron chi connectivity index (χ2n) is 5.97. The highest BCUT2D eigenvalue weighted by Crippen LogP contribution is 2.46. The van der Waals surface area contributed by atoms with Crippen molar-refractivity contribution in [2.45, 2.75) is 18.8 Å². The van der Waals surface area contributed by atoms with Crippen molar-refractivity contribution in [3.63, 3.8) is 0 Å². The smallest absolute Gasteiger partial charge is 0.131 e. The number of aromatic hydroxyl groups is 1. The Hall–Kier alpha value is -2.54. The van der Waals surface area contributed by atoms with E-state index in [1.54, 1.807) is 0 Å². The first kappa shape index (κ1) is 13.1. The highest BCUT2D eigenvalue weighted by molar-refractivity contribution is 5.83. The van der Waals surface area contributed by atoms with E-state index < -0.39 is 0 Å². The topological polar surface area (TPSA) is 20.2 Å². The molecule has 1 saturated carbocycles. The summed E-state index contributed by atoms with van der Waals surface area (Å²) in [6.07, 6.45) is 2.51. The summed E-state index contributed by atoms with van der Waals surface area (Å²) in [7, 11) is 0. The molecule has 0 radical (unpaired) electrons. The van der Waals surface area contributed by atoms with Gasteiger partial charge in [0.25, 0.3) is 0 Å². The molecule has 0 atom stereocenters. The fourth-order valence-corrected chi connectivity index (χ4v) is 2.98. The van der Waals surface area contributed by atoms with Crippen LogP contribution in [0.3, 0.4) is 0 Å². The van der Waals surface area contributed by atoms with Crippen LogP contribution in [0.1, 0.15) is 24.3 Å². The minimum atomic E-state index is 0.377. The van der Waals surface area contributed by atoms with E-state index in [4.69, 9.17) is 0 Å². The van der Waals surface area contributed by atoms with E-state index in [9.17, 15) is 5.11 Å². The third kappa shape index (κ3) is 2.39. The summed E-state index contributed by atoms with van der Waals surface area (Å²) < 4.78 is 0. The summed E-state index contributed by atoms with van der Waals surface area (Å²) in [5.74, 6) is 1.03. The van der Waals surface area contributed by atoms with Crippen LogP contribution < -0.4 is 0 Å². The maximum Gasteiger partial charge on any atom is 0.131 e. The van der Waals surface area contributed by atoms with Crippen molar-refractivity contribution < 1.29 is 5.11 Å². The van der Waals surface area contributed by atoms with Crippen molar-refractivity contribution in [2.75, 3.05) is 0 Å². The van der Waals surface area contributed by atoms with E-state index >= 15 is 0 Å². The molecule has 1 heteroatoms. The fraction of sp³-hybridized carbons (Fsp3) is 0.143. The Bertz CT molecular complexity index is 726. The van der Waals surface area contributed by atoms with E-state index in [0.29, 0.717) is 11.7 Å². The first-order valence-electron chi connectivity index (χ1n) is 7.80. The average molecular weight is 286 g/mol. The van der Waals surface area contributed by atoms with Crippen LogP contribution in [0, 0.1) is 0 Å². The first-order chi connectivity index (χ1) is 10.8. The van der Waals surface area contributed by atoms with Gasteiger partial charge in [0.1, 0.15) is 5.75 Å². The van der Waals surface area contributed by atoms with Gasteiger partial charge in [0, 0.05) is 11.1 Å². The molecule has 1 nitrogen and oxygen atoms in total. The van der Waals surface area contributed by atoms with Crippen molar-refractivity contribution >= 4 is 0 Å². The summed E-state index contributed by atoms with van der Waals surface area (Å²) in [6, 6.07) is 24.6. The Labute approximate surface area is 130 Å².